The molecule has 4 heavy (non-hydrogen) atoms. The molecule has 4 radical (unpaired) electrons. The average Bonchev–Trinajstić information content (AvgIpc) is 0. The van der Waals surface area contributed by atoms with Crippen LogP contribution in [0.2, 0.25) is 0 Å². The maximum Gasteiger partial charge on any atom is 0 e. The average molecular weight is 264 g/mol. The maximum absolute atomic E-state index is 0. The first kappa shape index (κ1) is 30.0. The van der Waals surface area contributed by atoms with Gasteiger partial charge in [-0.2, -0.15) is 0 Å². The third-order valence-electron chi connectivity index (χ3n) is 0. The molecule has 0 fully saturated rings. The molecule has 0 aromatic carbocycles. The molecule has 0 bridgehead atoms. The Morgan fingerprint density at radius 3 is 1.00 bits per heavy atom. The Labute approximate surface area is 81.3 Å². The summed E-state index contributed by atoms with van der Waals surface area (Å²) in [5.74, 6) is 0. The van der Waals surface area contributed by atoms with E-state index in [-0.39, 0.29) is 82.5 Å². The van der Waals surface area contributed by atoms with E-state index in [0.717, 1.165) is 0 Å². The van der Waals surface area contributed by atoms with Gasteiger partial charge in [0.1, 0.15) is 0 Å². The fraction of sp³-hybridized carbons (Fsp3) is 0. The van der Waals surface area contributed by atoms with Gasteiger partial charge in [0.15, 0.2) is 0 Å². The van der Waals surface area contributed by atoms with E-state index in [1.165, 1.54) is 0 Å². The first-order valence-corrected chi connectivity index (χ1v) is 0. The summed E-state index contributed by atoms with van der Waals surface area (Å²) in [6, 6.07) is 0. The van der Waals surface area contributed by atoms with Gasteiger partial charge in [0, 0.05) is 82.5 Å². The molecule has 0 nitrogen and oxygen atoms in total. The van der Waals surface area contributed by atoms with E-state index in [1.54, 1.807) is 0 Å². The first-order chi connectivity index (χ1) is 0. The van der Waals surface area contributed by atoms with Crippen molar-refractivity contribution in [3.8, 4) is 0 Å². The molecule has 0 saturated carbocycles. The van der Waals surface area contributed by atoms with Gasteiger partial charge in [0.25, 0.3) is 0 Å². The Balaban J connectivity index is 0. The van der Waals surface area contributed by atoms with Crippen LogP contribution in [0.15, 0.2) is 0 Å². The third kappa shape index (κ3) is 8.82. The minimum Gasteiger partial charge on any atom is 0 e. The Morgan fingerprint density at radius 1 is 1.00 bits per heavy atom. The van der Waals surface area contributed by atoms with Crippen LogP contribution in [0, 0.1) is 0 Å². The number of rotatable bonds is 0. The first-order valence-electron chi connectivity index (χ1n) is 0. The van der Waals surface area contributed by atoms with Crippen molar-refractivity contribution in [3.63, 3.8) is 0 Å². The van der Waals surface area contributed by atoms with Crippen LogP contribution < -0.4 is 0 Å². The van der Waals surface area contributed by atoms with Crippen LogP contribution in [0.3, 0.4) is 0 Å². The smallest absolute Gasteiger partial charge is 0 e. The Kier molecular flexibility index (Phi) is 130. The maximum atomic E-state index is 0. The van der Waals surface area contributed by atoms with E-state index in [0.29, 0.717) is 0 Å². The molecule has 0 atom stereocenters. The summed E-state index contributed by atoms with van der Waals surface area (Å²) < 4.78 is 0. The van der Waals surface area contributed by atoms with Crippen molar-refractivity contribution in [2.45, 2.75) is 0 Å². The normalized spacial score (nSPS) is 0. The van der Waals surface area contributed by atoms with Crippen molar-refractivity contribution in [1.29, 1.82) is 0 Å². The molecule has 4 heteroatoms. The predicted molar refractivity (Wildman–Crippen MR) is 5.75 cm³/mol. The second kappa shape index (κ2) is 17.3. The fourth-order valence-electron chi connectivity index (χ4n) is 0. The predicted octanol–water partition coefficient (Wildman–Crippen LogP) is -0.388. The molecule has 0 amide bonds. The summed E-state index contributed by atoms with van der Waals surface area (Å²) in [6.07, 6.45) is 0. The molecule has 0 aliphatic carbocycles. The number of hydrogen-bond acceptors (Lipinski definition) is 0. The molecule has 18 valence electrons. The van der Waals surface area contributed by atoms with Gasteiger partial charge < -0.3 is 0 Å². The summed E-state index contributed by atoms with van der Waals surface area (Å²) in [4.78, 5) is 0. The zero-order chi connectivity index (χ0) is 0. The van der Waals surface area contributed by atoms with Gasteiger partial charge in [-0.1, -0.05) is 0 Å². The van der Waals surface area contributed by atoms with Crippen LogP contribution >= 0.6 is 0 Å². The summed E-state index contributed by atoms with van der Waals surface area (Å²) in [5, 5.41) is 0. The van der Waals surface area contributed by atoms with Crippen molar-refractivity contribution in [2.75, 3.05) is 0 Å². The van der Waals surface area contributed by atoms with Gasteiger partial charge >= 0.3 is 0 Å². The summed E-state index contributed by atoms with van der Waals surface area (Å²) in [7, 11) is 0. The zero-order valence-electron chi connectivity index (χ0n) is 1.93. The van der Waals surface area contributed by atoms with E-state index in [9.17, 15) is 0 Å². The van der Waals surface area contributed by atoms with Gasteiger partial charge in [0.05, 0.1) is 0 Å². The van der Waals surface area contributed by atoms with Gasteiger partial charge in [-0.15, -0.1) is 0 Å². The van der Waals surface area contributed by atoms with Crippen LogP contribution in [0.25, 0.3) is 0 Å². The van der Waals surface area contributed by atoms with Crippen molar-refractivity contribution in [3.05, 3.63) is 0 Å². The van der Waals surface area contributed by atoms with E-state index < -0.39 is 0 Å². The largest absolute Gasteiger partial charge is 0 e. The third-order valence-corrected chi connectivity index (χ3v) is 0. The van der Waals surface area contributed by atoms with Crippen molar-refractivity contribution < 1.29 is 65.2 Å². The fourth-order valence-corrected chi connectivity index (χ4v) is 0. The molecular formula is AlMoNbTi. The second-order valence-electron chi connectivity index (χ2n) is 0. The zero-order valence-corrected chi connectivity index (χ0v) is 8.85. The van der Waals surface area contributed by atoms with Crippen molar-refractivity contribution in [2.24, 2.45) is 0 Å². The summed E-state index contributed by atoms with van der Waals surface area (Å²) in [5.41, 5.74) is 0. The Morgan fingerprint density at radius 2 is 1.00 bits per heavy atom. The molecule has 0 aromatic heterocycles. The Hall–Kier alpha value is 2.68. The van der Waals surface area contributed by atoms with E-state index >= 15 is 0 Å². The van der Waals surface area contributed by atoms with Crippen molar-refractivity contribution >= 4 is 17.4 Å². The van der Waals surface area contributed by atoms with E-state index in [2.05, 4.69) is 0 Å². The molecule has 0 spiro atoms. The van der Waals surface area contributed by atoms with Crippen LogP contribution in [-0.4, -0.2) is 17.4 Å². The van der Waals surface area contributed by atoms with Gasteiger partial charge in [-0.3, -0.25) is 0 Å². The van der Waals surface area contributed by atoms with Crippen LogP contribution in [-0.2, 0) is 65.2 Å². The molecule has 0 N–H and O–H groups in total. The molecule has 0 aliphatic heterocycles. The summed E-state index contributed by atoms with van der Waals surface area (Å²) >= 11 is 0. The topological polar surface area (TPSA) is 0 Å². The SMILES string of the molecule is [Al].[Mo].[Nb].[Ti]. The molecule has 0 saturated heterocycles. The van der Waals surface area contributed by atoms with Crippen LogP contribution in [0.5, 0.6) is 0 Å². The molecule has 0 unspecified atom stereocenters. The van der Waals surface area contributed by atoms with E-state index in [1.807, 2.05) is 0 Å². The molecule has 0 rings (SSSR count). The molecular weight excluding hydrogens is 264 g/mol. The van der Waals surface area contributed by atoms with Gasteiger partial charge in [-0.05, 0) is 0 Å². The van der Waals surface area contributed by atoms with Gasteiger partial charge in [-0.25, -0.2) is 0 Å². The van der Waals surface area contributed by atoms with Crippen LogP contribution in [0.1, 0.15) is 0 Å². The Bertz CT molecular complexity index is 8.00. The van der Waals surface area contributed by atoms with Crippen LogP contribution in [0.4, 0.5) is 0 Å². The molecule has 0 aromatic rings. The second-order valence-corrected chi connectivity index (χ2v) is 0. The molecule has 0 heterocycles. The van der Waals surface area contributed by atoms with Crippen molar-refractivity contribution in [1.82, 2.24) is 0 Å². The number of hydrogen-bond donors (Lipinski definition) is 0. The van der Waals surface area contributed by atoms with Gasteiger partial charge in [0.2, 0.25) is 0 Å². The standard InChI is InChI=1S/Al.Mo.Nb.Ti. The minimum atomic E-state index is 0. The van der Waals surface area contributed by atoms with E-state index in [4.69, 9.17) is 0 Å². The monoisotopic (exact) mass is 266 g/mol. The molecule has 0 aliphatic rings. The summed E-state index contributed by atoms with van der Waals surface area (Å²) in [6.45, 7) is 0. The minimum absolute atomic E-state index is 0. The quantitative estimate of drug-likeness (QED) is 0.523.